The lowest BCUT2D eigenvalue weighted by Gasteiger charge is -2.32. The highest BCUT2D eigenvalue weighted by atomic mass is 19.4. The van der Waals surface area contributed by atoms with Crippen molar-refractivity contribution in [1.82, 2.24) is 10.2 Å². The van der Waals surface area contributed by atoms with Gasteiger partial charge in [0, 0.05) is 24.7 Å². The Labute approximate surface area is 150 Å². The van der Waals surface area contributed by atoms with Gasteiger partial charge < -0.3 is 10.2 Å². The smallest absolute Gasteiger partial charge is 0.339 e. The van der Waals surface area contributed by atoms with E-state index in [4.69, 9.17) is 0 Å². The number of benzene rings is 2. The van der Waals surface area contributed by atoms with Crippen molar-refractivity contribution >= 4 is 5.91 Å². The van der Waals surface area contributed by atoms with Gasteiger partial charge >= 0.3 is 6.18 Å². The van der Waals surface area contributed by atoms with Crippen LogP contribution in [0.4, 0.5) is 13.2 Å². The molecule has 0 aliphatic carbocycles. The van der Waals surface area contributed by atoms with Crippen molar-refractivity contribution in [3.63, 3.8) is 0 Å². The number of amides is 1. The van der Waals surface area contributed by atoms with Crippen LogP contribution in [0.15, 0.2) is 48.5 Å². The minimum atomic E-state index is -4.37. The number of hydrogen-bond acceptors (Lipinski definition) is 2. The van der Waals surface area contributed by atoms with Gasteiger partial charge in [-0.2, -0.15) is 13.2 Å². The number of carbonyl (C=O) groups excluding carboxylic acids is 1. The zero-order chi connectivity index (χ0) is 18.7. The Balaban J connectivity index is 1.85. The van der Waals surface area contributed by atoms with Crippen molar-refractivity contribution in [2.24, 2.45) is 0 Å². The van der Waals surface area contributed by atoms with Gasteiger partial charge in [-0.25, -0.2) is 0 Å². The number of likely N-dealkylation sites (tertiary alicyclic amines) is 1. The first-order valence-electron chi connectivity index (χ1n) is 8.63. The van der Waals surface area contributed by atoms with E-state index in [2.05, 4.69) is 5.32 Å². The number of alkyl halides is 3. The lowest BCUT2D eigenvalue weighted by atomic mass is 9.96. The summed E-state index contributed by atoms with van der Waals surface area (Å²) >= 11 is 0. The maximum Gasteiger partial charge on any atom is 0.416 e. The van der Waals surface area contributed by atoms with E-state index in [1.807, 2.05) is 11.9 Å². The Kier molecular flexibility index (Phi) is 5.32. The van der Waals surface area contributed by atoms with Crippen molar-refractivity contribution in [2.75, 3.05) is 20.1 Å². The molecule has 1 N–H and O–H groups in total. The molecule has 2 aromatic rings. The van der Waals surface area contributed by atoms with Gasteiger partial charge in [0.1, 0.15) is 0 Å². The summed E-state index contributed by atoms with van der Waals surface area (Å²) in [5, 5.41) is 3.23. The first kappa shape index (κ1) is 18.5. The minimum Gasteiger partial charge on any atom is -0.339 e. The third-order valence-corrected chi connectivity index (χ3v) is 4.87. The molecule has 1 saturated heterocycles. The SMILES string of the molecule is CNC1CCN(C(=O)c2ccccc2-c2ccc(C(F)(F)F)cc2)CC1. The lowest BCUT2D eigenvalue weighted by molar-refractivity contribution is -0.137. The average Bonchev–Trinajstić information content (AvgIpc) is 2.67. The van der Waals surface area contributed by atoms with Crippen LogP contribution in [0.2, 0.25) is 0 Å². The van der Waals surface area contributed by atoms with Crippen LogP contribution in [0.1, 0.15) is 28.8 Å². The highest BCUT2D eigenvalue weighted by Gasteiger charge is 2.30. The van der Waals surface area contributed by atoms with Crippen molar-refractivity contribution < 1.29 is 18.0 Å². The number of nitrogens with one attached hydrogen (secondary N) is 1. The van der Waals surface area contributed by atoms with Gasteiger partial charge in [0.15, 0.2) is 0 Å². The fraction of sp³-hybridized carbons (Fsp3) is 0.350. The number of hydrogen-bond donors (Lipinski definition) is 1. The molecule has 2 aromatic carbocycles. The normalized spacial score (nSPS) is 15.9. The molecule has 0 bridgehead atoms. The first-order valence-corrected chi connectivity index (χ1v) is 8.63. The minimum absolute atomic E-state index is 0.0740. The Morgan fingerprint density at radius 2 is 1.65 bits per heavy atom. The summed E-state index contributed by atoms with van der Waals surface area (Å²) in [6.45, 7) is 1.34. The molecule has 6 heteroatoms. The van der Waals surface area contributed by atoms with Crippen LogP contribution in [0.5, 0.6) is 0 Å². The lowest BCUT2D eigenvalue weighted by Crippen LogP contribution is -2.44. The topological polar surface area (TPSA) is 32.3 Å². The molecule has 1 fully saturated rings. The number of carbonyl (C=O) groups is 1. The van der Waals surface area contributed by atoms with Crippen LogP contribution in [-0.4, -0.2) is 37.0 Å². The number of nitrogens with zero attached hydrogens (tertiary/aromatic N) is 1. The Morgan fingerprint density at radius 3 is 2.23 bits per heavy atom. The van der Waals surface area contributed by atoms with Crippen molar-refractivity contribution in [3.05, 3.63) is 59.7 Å². The van der Waals surface area contributed by atoms with Gasteiger partial charge in [0.2, 0.25) is 0 Å². The molecule has 0 unspecified atom stereocenters. The molecule has 0 spiro atoms. The van der Waals surface area contributed by atoms with Crippen molar-refractivity contribution in [3.8, 4) is 11.1 Å². The molecule has 3 nitrogen and oxygen atoms in total. The Hall–Kier alpha value is -2.34. The standard InChI is InChI=1S/C20H21F3N2O/c1-24-16-10-12-25(13-11-16)19(26)18-5-3-2-4-17(18)14-6-8-15(9-7-14)20(21,22)23/h2-9,16,24H,10-13H2,1H3. The third-order valence-electron chi connectivity index (χ3n) is 4.87. The molecule has 0 aromatic heterocycles. The summed E-state index contributed by atoms with van der Waals surface area (Å²) in [7, 11) is 1.92. The van der Waals surface area contributed by atoms with Crippen LogP contribution in [0, 0.1) is 0 Å². The zero-order valence-corrected chi connectivity index (χ0v) is 14.5. The average molecular weight is 362 g/mol. The summed E-state index contributed by atoms with van der Waals surface area (Å²) in [5.74, 6) is -0.0740. The summed E-state index contributed by atoms with van der Waals surface area (Å²) in [6.07, 6.45) is -2.58. The van der Waals surface area contributed by atoms with E-state index >= 15 is 0 Å². The van der Waals surface area contributed by atoms with Gasteiger partial charge in [-0.1, -0.05) is 30.3 Å². The van der Waals surface area contributed by atoms with Crippen molar-refractivity contribution in [1.29, 1.82) is 0 Å². The second-order valence-corrected chi connectivity index (χ2v) is 6.48. The second-order valence-electron chi connectivity index (χ2n) is 6.48. The zero-order valence-electron chi connectivity index (χ0n) is 14.5. The monoisotopic (exact) mass is 362 g/mol. The summed E-state index contributed by atoms with van der Waals surface area (Å²) in [5.41, 5.74) is 1.09. The van der Waals surface area contributed by atoms with Crippen LogP contribution in [-0.2, 0) is 6.18 Å². The third kappa shape index (κ3) is 3.90. The van der Waals surface area contributed by atoms with Gasteiger partial charge in [-0.3, -0.25) is 4.79 Å². The second kappa shape index (κ2) is 7.50. The van der Waals surface area contributed by atoms with Gasteiger partial charge in [0.05, 0.1) is 5.56 Å². The molecule has 1 aliphatic heterocycles. The number of halogens is 3. The van der Waals surface area contributed by atoms with Gasteiger partial charge in [0.25, 0.3) is 5.91 Å². The summed E-state index contributed by atoms with van der Waals surface area (Å²) in [4.78, 5) is 14.8. The molecule has 3 rings (SSSR count). The van der Waals surface area contributed by atoms with Gasteiger partial charge in [-0.15, -0.1) is 0 Å². The number of piperidine rings is 1. The van der Waals surface area contributed by atoms with E-state index < -0.39 is 11.7 Å². The van der Waals surface area contributed by atoms with E-state index in [1.165, 1.54) is 12.1 Å². The molecule has 0 atom stereocenters. The molecular weight excluding hydrogens is 341 g/mol. The highest BCUT2D eigenvalue weighted by Crippen LogP contribution is 2.32. The first-order chi connectivity index (χ1) is 12.4. The molecule has 0 radical (unpaired) electrons. The van der Waals surface area contributed by atoms with Crippen LogP contribution >= 0.6 is 0 Å². The number of rotatable bonds is 3. The quantitative estimate of drug-likeness (QED) is 0.888. The predicted octanol–water partition coefficient (Wildman–Crippen LogP) is 4.20. The van der Waals surface area contributed by atoms with Crippen LogP contribution in [0.25, 0.3) is 11.1 Å². The summed E-state index contributed by atoms with van der Waals surface area (Å²) in [6, 6.07) is 12.4. The molecule has 1 heterocycles. The van der Waals surface area contributed by atoms with Crippen LogP contribution in [0.3, 0.4) is 0 Å². The fourth-order valence-corrected chi connectivity index (χ4v) is 3.30. The molecule has 138 valence electrons. The van der Waals surface area contributed by atoms with E-state index in [0.717, 1.165) is 25.0 Å². The molecule has 26 heavy (non-hydrogen) atoms. The van der Waals surface area contributed by atoms with Gasteiger partial charge in [-0.05, 0) is 49.2 Å². The Morgan fingerprint density at radius 1 is 1.04 bits per heavy atom. The molecule has 1 aliphatic rings. The van der Waals surface area contributed by atoms with E-state index in [1.54, 1.807) is 24.3 Å². The van der Waals surface area contributed by atoms with Crippen LogP contribution < -0.4 is 5.32 Å². The van der Waals surface area contributed by atoms with E-state index in [0.29, 0.717) is 35.8 Å². The van der Waals surface area contributed by atoms with E-state index in [-0.39, 0.29) is 5.91 Å². The van der Waals surface area contributed by atoms with E-state index in [9.17, 15) is 18.0 Å². The van der Waals surface area contributed by atoms with Crippen molar-refractivity contribution in [2.45, 2.75) is 25.1 Å². The molecular formula is C20H21F3N2O. The maximum absolute atomic E-state index is 12.9. The Bertz CT molecular complexity index is 763. The molecule has 1 amide bonds. The highest BCUT2D eigenvalue weighted by molar-refractivity contribution is 6.01. The summed E-state index contributed by atoms with van der Waals surface area (Å²) < 4.78 is 38.3. The predicted molar refractivity (Wildman–Crippen MR) is 94.9 cm³/mol. The largest absolute Gasteiger partial charge is 0.416 e. The maximum atomic E-state index is 12.9. The fourth-order valence-electron chi connectivity index (χ4n) is 3.30. The molecule has 0 saturated carbocycles.